The van der Waals surface area contributed by atoms with Gasteiger partial charge in [0.2, 0.25) is 0 Å². The quantitative estimate of drug-likeness (QED) is 0.0954. The molecule has 4 rings (SSSR count). The summed E-state index contributed by atoms with van der Waals surface area (Å²) in [5.41, 5.74) is 0. The van der Waals surface area contributed by atoms with Crippen molar-refractivity contribution in [3.63, 3.8) is 0 Å². The molecular weight excluding hydrogens is 598 g/mol. The first kappa shape index (κ1) is 33.7. The average Bonchev–Trinajstić information content (AvgIpc) is 3.07. The predicted octanol–water partition coefficient (Wildman–Crippen LogP) is 5.71. The topological polar surface area (TPSA) is 89.5 Å². The van der Waals surface area contributed by atoms with E-state index >= 15 is 0 Å². The SMILES string of the molecule is CCO[P@@](=O)(c1ccccc1)c1ccccc1OCCOCCOCCOc1ccccc1[P@](=O)(OCC)c1ccccc1. The van der Waals surface area contributed by atoms with Gasteiger partial charge in [0.15, 0.2) is 0 Å². The molecule has 234 valence electrons. The molecule has 0 saturated carbocycles. The molecule has 0 saturated heterocycles. The Bertz CT molecular complexity index is 1400. The third-order valence-electron chi connectivity index (χ3n) is 6.52. The summed E-state index contributed by atoms with van der Waals surface area (Å²) in [4.78, 5) is 0. The fourth-order valence-corrected chi connectivity index (χ4v) is 8.98. The lowest BCUT2D eigenvalue weighted by Crippen LogP contribution is -2.22. The zero-order valence-electron chi connectivity index (χ0n) is 25.2. The summed E-state index contributed by atoms with van der Waals surface area (Å²) in [6, 6.07) is 32.9. The van der Waals surface area contributed by atoms with Crippen molar-refractivity contribution in [3.05, 3.63) is 109 Å². The van der Waals surface area contributed by atoms with Crippen molar-refractivity contribution < 1.29 is 37.1 Å². The van der Waals surface area contributed by atoms with Gasteiger partial charge in [-0.05, 0) is 62.4 Å². The molecule has 0 aliphatic rings. The van der Waals surface area contributed by atoms with E-state index in [1.807, 2.05) is 98.8 Å². The Labute approximate surface area is 260 Å². The van der Waals surface area contributed by atoms with Crippen LogP contribution in [0.15, 0.2) is 109 Å². The van der Waals surface area contributed by atoms with Gasteiger partial charge in [0.25, 0.3) is 14.7 Å². The molecule has 0 bridgehead atoms. The number of hydrogen-bond acceptors (Lipinski definition) is 8. The highest BCUT2D eigenvalue weighted by Crippen LogP contribution is 2.48. The molecule has 8 nitrogen and oxygen atoms in total. The molecule has 4 aromatic carbocycles. The maximum absolute atomic E-state index is 14.0. The van der Waals surface area contributed by atoms with Crippen molar-refractivity contribution in [2.45, 2.75) is 13.8 Å². The van der Waals surface area contributed by atoms with Crippen molar-refractivity contribution in [1.29, 1.82) is 0 Å². The Kier molecular flexibility index (Phi) is 13.2. The fourth-order valence-electron chi connectivity index (χ4n) is 4.57. The van der Waals surface area contributed by atoms with Crippen LogP contribution < -0.4 is 30.7 Å². The van der Waals surface area contributed by atoms with E-state index in [4.69, 9.17) is 28.0 Å². The highest BCUT2D eigenvalue weighted by molar-refractivity contribution is 7.75. The van der Waals surface area contributed by atoms with E-state index in [9.17, 15) is 9.13 Å². The molecule has 0 amide bonds. The van der Waals surface area contributed by atoms with E-state index in [0.29, 0.717) is 72.4 Å². The van der Waals surface area contributed by atoms with Crippen LogP contribution in [0.25, 0.3) is 0 Å². The standard InChI is InChI=1S/C34H40O8P2/c1-3-41-43(35,29-15-7-5-8-16-29)33-21-13-11-19-31(33)39-27-25-37-23-24-38-26-28-40-32-20-12-14-22-34(32)44(36,42-4-2)30-17-9-6-10-18-30/h5-22H,3-4,23-28H2,1-2H3/t43-,44+. The molecule has 44 heavy (non-hydrogen) atoms. The predicted molar refractivity (Wildman–Crippen MR) is 175 cm³/mol. The molecule has 0 N–H and O–H groups in total. The first-order chi connectivity index (χ1) is 21.5. The summed E-state index contributed by atoms with van der Waals surface area (Å²) in [7, 11) is -6.63. The summed E-state index contributed by atoms with van der Waals surface area (Å²) in [6.45, 7) is 6.23. The molecule has 4 aromatic rings. The lowest BCUT2D eigenvalue weighted by atomic mass is 10.3. The largest absolute Gasteiger partial charge is 0.490 e. The Morgan fingerprint density at radius 3 is 1.18 bits per heavy atom. The van der Waals surface area contributed by atoms with Crippen LogP contribution in [0.1, 0.15) is 13.8 Å². The van der Waals surface area contributed by atoms with Crippen molar-refractivity contribution in [3.8, 4) is 11.5 Å². The van der Waals surface area contributed by atoms with E-state index in [0.717, 1.165) is 0 Å². The van der Waals surface area contributed by atoms with Gasteiger partial charge < -0.3 is 28.0 Å². The first-order valence-electron chi connectivity index (χ1n) is 14.7. The lowest BCUT2D eigenvalue weighted by Gasteiger charge is -2.21. The summed E-state index contributed by atoms with van der Waals surface area (Å²) < 4.78 is 62.8. The van der Waals surface area contributed by atoms with Crippen LogP contribution in [0.4, 0.5) is 0 Å². The molecule has 0 unspecified atom stereocenters. The minimum absolute atomic E-state index is 0.277. The zero-order valence-corrected chi connectivity index (χ0v) is 27.0. The molecule has 0 aromatic heterocycles. The zero-order chi connectivity index (χ0) is 31.1. The molecule has 2 atom stereocenters. The Hall–Kier alpha value is -3.22. The van der Waals surface area contributed by atoms with Crippen LogP contribution in [0.5, 0.6) is 11.5 Å². The van der Waals surface area contributed by atoms with Crippen molar-refractivity contribution in [2.75, 3.05) is 52.9 Å². The van der Waals surface area contributed by atoms with E-state index in [1.165, 1.54) is 0 Å². The fraction of sp³-hybridized carbons (Fsp3) is 0.294. The number of rotatable bonds is 19. The minimum Gasteiger partial charge on any atom is -0.490 e. The maximum atomic E-state index is 14.0. The van der Waals surface area contributed by atoms with Crippen LogP contribution in [0, 0.1) is 0 Å². The third kappa shape index (κ3) is 8.70. The van der Waals surface area contributed by atoms with Crippen LogP contribution in [0.3, 0.4) is 0 Å². The highest BCUT2D eigenvalue weighted by atomic mass is 31.2. The second kappa shape index (κ2) is 17.3. The Balaban J connectivity index is 1.21. The first-order valence-corrected chi connectivity index (χ1v) is 18.0. The molecule has 0 aliphatic carbocycles. The average molecular weight is 639 g/mol. The second-order valence-corrected chi connectivity index (χ2v) is 14.2. The second-order valence-electron chi connectivity index (χ2n) is 9.47. The van der Waals surface area contributed by atoms with Gasteiger partial charge in [0.1, 0.15) is 24.7 Å². The highest BCUT2D eigenvalue weighted by Gasteiger charge is 2.32. The molecule has 0 heterocycles. The molecule has 0 radical (unpaired) electrons. The van der Waals surface area contributed by atoms with Gasteiger partial charge in [-0.25, -0.2) is 0 Å². The number of benzene rings is 4. The molecule has 10 heteroatoms. The summed E-state index contributed by atoms with van der Waals surface area (Å²) in [5.74, 6) is 1.01. The van der Waals surface area contributed by atoms with E-state index in [1.54, 1.807) is 24.3 Å². The van der Waals surface area contributed by atoms with Gasteiger partial charge >= 0.3 is 0 Å². The van der Waals surface area contributed by atoms with Gasteiger partial charge in [-0.3, -0.25) is 9.13 Å². The normalized spacial score (nSPS) is 14.0. The number of hydrogen-bond donors (Lipinski definition) is 0. The minimum atomic E-state index is -3.31. The lowest BCUT2D eigenvalue weighted by molar-refractivity contribution is 0.0275. The van der Waals surface area contributed by atoms with Gasteiger partial charge in [-0.1, -0.05) is 60.7 Å². The van der Waals surface area contributed by atoms with E-state index in [-0.39, 0.29) is 13.2 Å². The van der Waals surface area contributed by atoms with E-state index in [2.05, 4.69) is 0 Å². The van der Waals surface area contributed by atoms with Crippen LogP contribution in [-0.4, -0.2) is 52.9 Å². The monoisotopic (exact) mass is 638 g/mol. The van der Waals surface area contributed by atoms with Gasteiger partial charge in [0, 0.05) is 10.6 Å². The Morgan fingerprint density at radius 1 is 0.455 bits per heavy atom. The van der Waals surface area contributed by atoms with Gasteiger partial charge in [-0.2, -0.15) is 0 Å². The smallest absolute Gasteiger partial charge is 0.264 e. The van der Waals surface area contributed by atoms with Crippen molar-refractivity contribution >= 4 is 36.0 Å². The van der Waals surface area contributed by atoms with Crippen molar-refractivity contribution in [1.82, 2.24) is 0 Å². The van der Waals surface area contributed by atoms with Crippen LogP contribution in [-0.2, 0) is 27.7 Å². The van der Waals surface area contributed by atoms with Gasteiger partial charge in [0.05, 0.1) is 50.3 Å². The maximum Gasteiger partial charge on any atom is 0.264 e. The molecule has 0 fully saturated rings. The molecular formula is C34H40O8P2. The summed E-state index contributed by atoms with van der Waals surface area (Å²) in [6.07, 6.45) is 0. The third-order valence-corrected chi connectivity index (χ3v) is 11.7. The number of para-hydroxylation sites is 2. The van der Waals surface area contributed by atoms with Gasteiger partial charge in [-0.15, -0.1) is 0 Å². The molecule has 0 aliphatic heterocycles. The summed E-state index contributed by atoms with van der Waals surface area (Å²) >= 11 is 0. The molecule has 0 spiro atoms. The summed E-state index contributed by atoms with van der Waals surface area (Å²) in [5, 5.41) is 2.30. The number of ether oxygens (including phenoxy) is 4. The van der Waals surface area contributed by atoms with Crippen LogP contribution >= 0.6 is 14.7 Å². The van der Waals surface area contributed by atoms with Crippen LogP contribution in [0.2, 0.25) is 0 Å². The van der Waals surface area contributed by atoms with E-state index < -0.39 is 14.7 Å². The Morgan fingerprint density at radius 2 is 0.795 bits per heavy atom. The van der Waals surface area contributed by atoms with Crippen molar-refractivity contribution in [2.24, 2.45) is 0 Å².